The van der Waals surface area contributed by atoms with Gasteiger partial charge in [-0.1, -0.05) is 0 Å². The highest BCUT2D eigenvalue weighted by Gasteiger charge is 2.42. The van der Waals surface area contributed by atoms with Crippen LogP contribution in [0.3, 0.4) is 0 Å². The first-order chi connectivity index (χ1) is 9.37. The molecule has 2 aliphatic heterocycles. The molecule has 2 saturated heterocycles. The van der Waals surface area contributed by atoms with Crippen molar-refractivity contribution in [2.75, 3.05) is 5.73 Å². The third kappa shape index (κ3) is 2.32. The highest BCUT2D eigenvalue weighted by molar-refractivity contribution is 7.89. The fourth-order valence-electron chi connectivity index (χ4n) is 3.43. The van der Waals surface area contributed by atoms with Gasteiger partial charge in [-0.2, -0.15) is 0 Å². The molecule has 0 radical (unpaired) electrons. The maximum atomic E-state index is 12.6. The van der Waals surface area contributed by atoms with Crippen molar-refractivity contribution in [3.8, 4) is 0 Å². The van der Waals surface area contributed by atoms with E-state index in [2.05, 4.69) is 4.72 Å². The van der Waals surface area contributed by atoms with E-state index in [9.17, 15) is 8.42 Å². The number of hydrogen-bond acceptors (Lipinski definition) is 4. The van der Waals surface area contributed by atoms with E-state index in [-0.39, 0.29) is 18.2 Å². The highest BCUT2D eigenvalue weighted by Crippen LogP contribution is 2.35. The van der Waals surface area contributed by atoms with E-state index in [0.29, 0.717) is 21.7 Å². The molecule has 0 spiro atoms. The van der Waals surface area contributed by atoms with Gasteiger partial charge in [0, 0.05) is 5.69 Å². The molecule has 6 heteroatoms. The summed E-state index contributed by atoms with van der Waals surface area (Å²) < 4.78 is 33.7. The molecule has 0 aromatic heterocycles. The molecular formula is C14H20N2O3S. The van der Waals surface area contributed by atoms with E-state index in [0.717, 1.165) is 19.3 Å². The first kappa shape index (κ1) is 13.9. The van der Waals surface area contributed by atoms with Gasteiger partial charge in [-0.25, -0.2) is 13.1 Å². The van der Waals surface area contributed by atoms with Gasteiger partial charge in [0.1, 0.15) is 0 Å². The van der Waals surface area contributed by atoms with E-state index >= 15 is 0 Å². The van der Waals surface area contributed by atoms with Crippen molar-refractivity contribution in [2.24, 2.45) is 0 Å². The quantitative estimate of drug-likeness (QED) is 0.828. The van der Waals surface area contributed by atoms with E-state index < -0.39 is 10.0 Å². The Labute approximate surface area is 119 Å². The molecule has 3 unspecified atom stereocenters. The number of hydrogen-bond donors (Lipinski definition) is 2. The molecule has 2 fully saturated rings. The number of rotatable bonds is 3. The fourth-order valence-corrected chi connectivity index (χ4v) is 5.16. The maximum Gasteiger partial charge on any atom is 0.241 e. The zero-order valence-corrected chi connectivity index (χ0v) is 12.5. The lowest BCUT2D eigenvalue weighted by Crippen LogP contribution is -2.41. The molecule has 1 aromatic rings. The minimum Gasteiger partial charge on any atom is -0.399 e. The molecule has 110 valence electrons. The van der Waals surface area contributed by atoms with Crippen molar-refractivity contribution < 1.29 is 13.2 Å². The maximum absolute atomic E-state index is 12.6. The predicted octanol–water partition coefficient (Wildman–Crippen LogP) is 1.48. The second-order valence-corrected chi connectivity index (χ2v) is 7.47. The van der Waals surface area contributed by atoms with Crippen molar-refractivity contribution in [1.29, 1.82) is 0 Å². The number of ether oxygens (including phenoxy) is 1. The Morgan fingerprint density at radius 2 is 1.90 bits per heavy atom. The summed E-state index contributed by atoms with van der Waals surface area (Å²) in [4.78, 5) is 0.342. The average molecular weight is 296 g/mol. The monoisotopic (exact) mass is 296 g/mol. The van der Waals surface area contributed by atoms with Gasteiger partial charge in [0.15, 0.2) is 0 Å². The number of nitrogens with two attached hydrogens (primary N) is 1. The third-order valence-corrected chi connectivity index (χ3v) is 5.96. The summed E-state index contributed by atoms with van der Waals surface area (Å²) in [6.07, 6.45) is 3.02. The lowest BCUT2D eigenvalue weighted by atomic mass is 9.96. The van der Waals surface area contributed by atoms with Gasteiger partial charge >= 0.3 is 0 Å². The molecule has 2 aliphatic rings. The summed E-state index contributed by atoms with van der Waals surface area (Å²) in [7, 11) is -3.53. The topological polar surface area (TPSA) is 81.4 Å². The molecule has 2 heterocycles. The van der Waals surface area contributed by atoms with Crippen LogP contribution < -0.4 is 10.5 Å². The van der Waals surface area contributed by atoms with Gasteiger partial charge in [0.05, 0.1) is 23.1 Å². The molecule has 3 N–H and O–H groups in total. The zero-order valence-electron chi connectivity index (χ0n) is 11.7. The number of anilines is 1. The molecular weight excluding hydrogens is 276 g/mol. The van der Waals surface area contributed by atoms with Crippen LogP contribution in [0.1, 0.15) is 30.4 Å². The minimum atomic E-state index is -3.53. The second-order valence-electron chi connectivity index (χ2n) is 5.82. The summed E-state index contributed by atoms with van der Waals surface area (Å²) in [6, 6.07) is 3.28. The van der Waals surface area contributed by atoms with Crippen LogP contribution in [0.5, 0.6) is 0 Å². The van der Waals surface area contributed by atoms with Crippen LogP contribution in [-0.4, -0.2) is 26.7 Å². The van der Waals surface area contributed by atoms with E-state index in [4.69, 9.17) is 10.5 Å². The van der Waals surface area contributed by atoms with Crippen LogP contribution >= 0.6 is 0 Å². The Balaban J connectivity index is 1.89. The summed E-state index contributed by atoms with van der Waals surface area (Å²) >= 11 is 0. The van der Waals surface area contributed by atoms with Crippen LogP contribution in [0.25, 0.3) is 0 Å². The summed E-state index contributed by atoms with van der Waals surface area (Å²) in [5, 5.41) is 0. The summed E-state index contributed by atoms with van der Waals surface area (Å²) in [5.74, 6) is 0. The molecule has 0 aliphatic carbocycles. The Morgan fingerprint density at radius 1 is 1.25 bits per heavy atom. The number of benzene rings is 1. The van der Waals surface area contributed by atoms with Gasteiger partial charge in [-0.15, -0.1) is 0 Å². The molecule has 0 amide bonds. The molecule has 2 bridgehead atoms. The largest absolute Gasteiger partial charge is 0.399 e. The second kappa shape index (κ2) is 4.72. The van der Waals surface area contributed by atoms with Crippen molar-refractivity contribution in [3.63, 3.8) is 0 Å². The Bertz CT molecular complexity index is 619. The lowest BCUT2D eigenvalue weighted by molar-refractivity contribution is 0.0996. The van der Waals surface area contributed by atoms with Gasteiger partial charge in [-0.05, 0) is 56.4 Å². The van der Waals surface area contributed by atoms with Crippen molar-refractivity contribution >= 4 is 15.7 Å². The van der Waals surface area contributed by atoms with E-state index in [1.54, 1.807) is 26.0 Å². The zero-order chi connectivity index (χ0) is 14.5. The van der Waals surface area contributed by atoms with Crippen LogP contribution in [0, 0.1) is 13.8 Å². The van der Waals surface area contributed by atoms with Crippen molar-refractivity contribution in [3.05, 3.63) is 23.3 Å². The number of nitrogen functional groups attached to an aromatic ring is 1. The molecule has 3 atom stereocenters. The number of nitrogens with one attached hydrogen (secondary N) is 1. The molecule has 1 aromatic carbocycles. The normalized spacial score (nSPS) is 29.0. The number of fused-ring (bicyclic) bond motifs is 2. The SMILES string of the molecule is Cc1cc(N)cc(C)c1S(=O)(=O)NC1CC2CCC1O2. The van der Waals surface area contributed by atoms with Crippen molar-refractivity contribution in [2.45, 2.75) is 56.3 Å². The first-order valence-electron chi connectivity index (χ1n) is 6.91. The predicted molar refractivity (Wildman–Crippen MR) is 76.9 cm³/mol. The number of sulfonamides is 1. The molecule has 0 saturated carbocycles. The molecule has 5 nitrogen and oxygen atoms in total. The Morgan fingerprint density at radius 3 is 2.40 bits per heavy atom. The van der Waals surface area contributed by atoms with E-state index in [1.165, 1.54) is 0 Å². The van der Waals surface area contributed by atoms with E-state index in [1.807, 2.05) is 0 Å². The molecule has 20 heavy (non-hydrogen) atoms. The van der Waals surface area contributed by atoms with Gasteiger partial charge in [-0.3, -0.25) is 0 Å². The van der Waals surface area contributed by atoms with Crippen molar-refractivity contribution in [1.82, 2.24) is 4.72 Å². The standard InChI is InChI=1S/C14H20N2O3S/c1-8-5-10(15)6-9(2)14(8)20(17,18)16-12-7-11-3-4-13(12)19-11/h5-6,11-13,16H,3-4,7,15H2,1-2H3. The van der Waals surface area contributed by atoms with Gasteiger partial charge < -0.3 is 10.5 Å². The summed E-state index contributed by atoms with van der Waals surface area (Å²) in [5.41, 5.74) is 7.69. The highest BCUT2D eigenvalue weighted by atomic mass is 32.2. The lowest BCUT2D eigenvalue weighted by Gasteiger charge is -2.21. The van der Waals surface area contributed by atoms with Gasteiger partial charge in [0.25, 0.3) is 0 Å². The van der Waals surface area contributed by atoms with Crippen LogP contribution in [-0.2, 0) is 14.8 Å². The molecule has 3 rings (SSSR count). The number of aryl methyl sites for hydroxylation is 2. The van der Waals surface area contributed by atoms with Crippen LogP contribution in [0.15, 0.2) is 17.0 Å². The summed E-state index contributed by atoms with van der Waals surface area (Å²) in [6.45, 7) is 3.55. The third-order valence-electron chi connectivity index (χ3n) is 4.16. The van der Waals surface area contributed by atoms with Crippen LogP contribution in [0.4, 0.5) is 5.69 Å². The minimum absolute atomic E-state index is 0.0316. The average Bonchev–Trinajstić information content (AvgIpc) is 2.87. The smallest absolute Gasteiger partial charge is 0.241 e. The first-order valence-corrected chi connectivity index (χ1v) is 8.39. The Kier molecular flexibility index (Phi) is 3.27. The Hall–Kier alpha value is -1.11. The van der Waals surface area contributed by atoms with Crippen LogP contribution in [0.2, 0.25) is 0 Å². The fraction of sp³-hybridized carbons (Fsp3) is 0.571. The van der Waals surface area contributed by atoms with Gasteiger partial charge in [0.2, 0.25) is 10.0 Å².